The number of carboxylic acids is 1. The van der Waals surface area contributed by atoms with Crippen molar-refractivity contribution >= 4 is 12.0 Å². The van der Waals surface area contributed by atoms with Crippen molar-refractivity contribution in [1.29, 1.82) is 0 Å². The lowest BCUT2D eigenvalue weighted by Crippen LogP contribution is -2.59. The van der Waals surface area contributed by atoms with Gasteiger partial charge in [0.2, 0.25) is 0 Å². The molecule has 1 saturated carbocycles. The fraction of sp³-hybridized carbons (Fsp3) is 0.857. The minimum atomic E-state index is -1.09. The van der Waals surface area contributed by atoms with Crippen molar-refractivity contribution in [3.05, 3.63) is 0 Å². The van der Waals surface area contributed by atoms with Gasteiger partial charge in [0, 0.05) is 18.6 Å². The Hall–Kier alpha value is -1.30. The van der Waals surface area contributed by atoms with Crippen molar-refractivity contribution in [2.75, 3.05) is 13.2 Å². The molecule has 0 spiro atoms. The maximum atomic E-state index is 12.1. The predicted octanol–water partition coefficient (Wildman–Crippen LogP) is 1.50. The van der Waals surface area contributed by atoms with E-state index < -0.39 is 11.5 Å². The van der Waals surface area contributed by atoms with E-state index in [2.05, 4.69) is 10.6 Å². The molecule has 114 valence electrons. The molecule has 6 nitrogen and oxygen atoms in total. The van der Waals surface area contributed by atoms with Gasteiger partial charge in [-0.3, -0.25) is 0 Å². The van der Waals surface area contributed by atoms with Crippen LogP contribution in [0.2, 0.25) is 0 Å². The molecular formula is C14H24N2O4. The average molecular weight is 284 g/mol. The Balaban J connectivity index is 1.89. The molecule has 1 saturated heterocycles. The molecule has 6 heteroatoms. The molecule has 0 radical (unpaired) electrons. The summed E-state index contributed by atoms with van der Waals surface area (Å²) in [5.41, 5.74) is -1.09. The highest BCUT2D eigenvalue weighted by Gasteiger charge is 2.41. The topological polar surface area (TPSA) is 87.7 Å². The summed E-state index contributed by atoms with van der Waals surface area (Å²) < 4.78 is 5.30. The van der Waals surface area contributed by atoms with E-state index in [1.165, 1.54) is 0 Å². The third-order valence-corrected chi connectivity index (χ3v) is 4.50. The number of ether oxygens (including phenoxy) is 1. The summed E-state index contributed by atoms with van der Waals surface area (Å²) in [4.78, 5) is 23.6. The number of carbonyl (C=O) groups excluding carboxylic acids is 1. The molecule has 2 aliphatic rings. The van der Waals surface area contributed by atoms with Gasteiger partial charge in [0.15, 0.2) is 0 Å². The molecule has 1 aliphatic carbocycles. The fourth-order valence-corrected chi connectivity index (χ4v) is 3.07. The summed E-state index contributed by atoms with van der Waals surface area (Å²) in [5.74, 6) is -0.614. The van der Waals surface area contributed by atoms with Crippen LogP contribution in [0.1, 0.15) is 45.4 Å². The zero-order valence-electron chi connectivity index (χ0n) is 12.0. The lowest BCUT2D eigenvalue weighted by atomic mass is 9.82. The number of aliphatic carboxylic acids is 1. The second-order valence-electron chi connectivity index (χ2n) is 5.96. The number of hydrogen-bond donors (Lipinski definition) is 3. The standard InChI is InChI=1S/C14H24N2O4/c1-10(11-5-8-20-9-11)15-13(19)16-14(12(17)18)6-3-2-4-7-14/h10-11H,2-9H2,1H3,(H,17,18)(H2,15,16,19). The molecule has 2 unspecified atom stereocenters. The third-order valence-electron chi connectivity index (χ3n) is 4.50. The van der Waals surface area contributed by atoms with Crippen molar-refractivity contribution in [2.24, 2.45) is 5.92 Å². The first-order valence-electron chi connectivity index (χ1n) is 7.43. The predicted molar refractivity (Wildman–Crippen MR) is 73.5 cm³/mol. The van der Waals surface area contributed by atoms with E-state index in [1.54, 1.807) is 0 Å². The molecule has 2 fully saturated rings. The Morgan fingerprint density at radius 1 is 1.30 bits per heavy atom. The average Bonchev–Trinajstić information content (AvgIpc) is 2.93. The van der Waals surface area contributed by atoms with Gasteiger partial charge in [-0.15, -0.1) is 0 Å². The van der Waals surface area contributed by atoms with Gasteiger partial charge in [0.05, 0.1) is 6.61 Å². The van der Waals surface area contributed by atoms with Crippen LogP contribution in [0.3, 0.4) is 0 Å². The summed E-state index contributed by atoms with van der Waals surface area (Å²) in [6.07, 6.45) is 4.68. The van der Waals surface area contributed by atoms with Crippen molar-refractivity contribution in [3.63, 3.8) is 0 Å². The number of carboxylic acid groups (broad SMARTS) is 1. The minimum absolute atomic E-state index is 0.00747. The van der Waals surface area contributed by atoms with Gasteiger partial charge in [-0.25, -0.2) is 9.59 Å². The lowest BCUT2D eigenvalue weighted by molar-refractivity contribution is -0.145. The number of rotatable bonds is 4. The molecule has 2 rings (SSSR count). The molecule has 0 bridgehead atoms. The van der Waals surface area contributed by atoms with Crippen LogP contribution in [0.15, 0.2) is 0 Å². The largest absolute Gasteiger partial charge is 0.480 e. The second kappa shape index (κ2) is 6.43. The smallest absolute Gasteiger partial charge is 0.329 e. The van der Waals surface area contributed by atoms with Gasteiger partial charge in [-0.2, -0.15) is 0 Å². The Bertz CT molecular complexity index is 360. The van der Waals surface area contributed by atoms with Crippen molar-refractivity contribution < 1.29 is 19.4 Å². The molecule has 0 aromatic carbocycles. The first-order valence-corrected chi connectivity index (χ1v) is 7.43. The summed E-state index contributed by atoms with van der Waals surface area (Å²) in [7, 11) is 0. The summed E-state index contributed by atoms with van der Waals surface area (Å²) in [6.45, 7) is 3.33. The zero-order valence-corrected chi connectivity index (χ0v) is 12.0. The Kier molecular flexibility index (Phi) is 4.86. The summed E-state index contributed by atoms with van der Waals surface area (Å²) in [6, 6.07) is -0.388. The summed E-state index contributed by atoms with van der Waals surface area (Å²) >= 11 is 0. The van der Waals surface area contributed by atoms with Gasteiger partial charge in [0.1, 0.15) is 5.54 Å². The molecule has 20 heavy (non-hydrogen) atoms. The van der Waals surface area contributed by atoms with Crippen LogP contribution >= 0.6 is 0 Å². The van der Waals surface area contributed by atoms with E-state index in [1.807, 2.05) is 6.92 Å². The van der Waals surface area contributed by atoms with Gasteiger partial charge in [-0.05, 0) is 26.2 Å². The highest BCUT2D eigenvalue weighted by atomic mass is 16.5. The van der Waals surface area contributed by atoms with Gasteiger partial charge in [0.25, 0.3) is 0 Å². The first-order chi connectivity index (χ1) is 9.53. The highest BCUT2D eigenvalue weighted by molar-refractivity contribution is 5.86. The zero-order chi connectivity index (χ0) is 14.6. The van der Waals surface area contributed by atoms with E-state index in [9.17, 15) is 14.7 Å². The van der Waals surface area contributed by atoms with Crippen LogP contribution in [0.5, 0.6) is 0 Å². The summed E-state index contributed by atoms with van der Waals surface area (Å²) in [5, 5.41) is 15.0. The van der Waals surface area contributed by atoms with E-state index in [0.29, 0.717) is 25.4 Å². The van der Waals surface area contributed by atoms with Gasteiger partial charge in [-0.1, -0.05) is 19.3 Å². The monoisotopic (exact) mass is 284 g/mol. The van der Waals surface area contributed by atoms with Crippen LogP contribution in [0, 0.1) is 5.92 Å². The fourth-order valence-electron chi connectivity index (χ4n) is 3.07. The van der Waals surface area contributed by atoms with E-state index in [0.717, 1.165) is 32.3 Å². The van der Waals surface area contributed by atoms with Crippen molar-refractivity contribution in [1.82, 2.24) is 10.6 Å². The molecule has 3 N–H and O–H groups in total. The number of hydrogen-bond acceptors (Lipinski definition) is 3. The van der Waals surface area contributed by atoms with Crippen LogP contribution in [-0.2, 0) is 9.53 Å². The third kappa shape index (κ3) is 3.42. The first kappa shape index (κ1) is 15.1. The maximum Gasteiger partial charge on any atom is 0.329 e. The van der Waals surface area contributed by atoms with E-state index in [-0.39, 0.29) is 12.1 Å². The molecule has 1 heterocycles. The molecule has 0 aromatic rings. The SMILES string of the molecule is CC(NC(=O)NC1(C(=O)O)CCCCC1)C1CCOC1. The Labute approximate surface area is 119 Å². The Morgan fingerprint density at radius 2 is 2.00 bits per heavy atom. The van der Waals surface area contributed by atoms with Crippen LogP contribution in [0.25, 0.3) is 0 Å². The Morgan fingerprint density at radius 3 is 2.55 bits per heavy atom. The van der Waals surface area contributed by atoms with Crippen molar-refractivity contribution in [3.8, 4) is 0 Å². The lowest BCUT2D eigenvalue weighted by Gasteiger charge is -2.34. The van der Waals surface area contributed by atoms with Crippen LogP contribution in [-0.4, -0.2) is 41.9 Å². The molecule has 0 aromatic heterocycles. The van der Waals surface area contributed by atoms with Gasteiger partial charge < -0.3 is 20.5 Å². The highest BCUT2D eigenvalue weighted by Crippen LogP contribution is 2.28. The van der Waals surface area contributed by atoms with E-state index in [4.69, 9.17) is 4.74 Å². The maximum absolute atomic E-state index is 12.1. The minimum Gasteiger partial charge on any atom is -0.480 e. The second-order valence-corrected chi connectivity index (χ2v) is 5.96. The number of urea groups is 1. The number of nitrogens with one attached hydrogen (secondary N) is 2. The molecular weight excluding hydrogens is 260 g/mol. The molecule has 1 aliphatic heterocycles. The molecule has 2 amide bonds. The van der Waals surface area contributed by atoms with E-state index >= 15 is 0 Å². The number of amides is 2. The normalized spacial score (nSPS) is 26.8. The van der Waals surface area contributed by atoms with Crippen LogP contribution < -0.4 is 10.6 Å². The quantitative estimate of drug-likeness (QED) is 0.730. The number of carbonyl (C=O) groups is 2. The van der Waals surface area contributed by atoms with Gasteiger partial charge >= 0.3 is 12.0 Å². The van der Waals surface area contributed by atoms with Crippen molar-refractivity contribution in [2.45, 2.75) is 57.0 Å². The molecule has 2 atom stereocenters. The van der Waals surface area contributed by atoms with Crippen LogP contribution in [0.4, 0.5) is 4.79 Å².